The van der Waals surface area contributed by atoms with Crippen LogP contribution in [0.15, 0.2) is 55.1 Å². The minimum atomic E-state index is -0.225. The molecule has 2 atom stereocenters. The molecule has 222 valence electrons. The van der Waals surface area contributed by atoms with Gasteiger partial charge in [-0.25, -0.2) is 0 Å². The molecule has 3 aliphatic heterocycles. The number of aromatic nitrogens is 2. The molecule has 3 fully saturated rings. The van der Waals surface area contributed by atoms with Crippen LogP contribution in [0.25, 0.3) is 10.8 Å². The van der Waals surface area contributed by atoms with Crippen molar-refractivity contribution < 1.29 is 9.53 Å². The Labute approximate surface area is 253 Å². The molecule has 9 heteroatoms. The van der Waals surface area contributed by atoms with Gasteiger partial charge in [-0.05, 0) is 63.2 Å². The number of piperazine rings is 1. The first-order chi connectivity index (χ1) is 21.0. The van der Waals surface area contributed by atoms with Crippen molar-refractivity contribution in [1.82, 2.24) is 19.8 Å². The summed E-state index contributed by atoms with van der Waals surface area (Å²) in [5.41, 5.74) is 3.13. The van der Waals surface area contributed by atoms with Gasteiger partial charge in [0, 0.05) is 48.9 Å². The lowest BCUT2D eigenvalue weighted by Gasteiger charge is -2.42. The number of ether oxygens (including phenoxy) is 1. The predicted octanol–water partition coefficient (Wildman–Crippen LogP) is 4.31. The van der Waals surface area contributed by atoms with E-state index in [1.54, 1.807) is 4.90 Å². The van der Waals surface area contributed by atoms with Crippen LogP contribution in [0.5, 0.6) is 6.01 Å². The maximum Gasteiger partial charge on any atom is 0.319 e. The summed E-state index contributed by atoms with van der Waals surface area (Å²) in [5.74, 6) is 0.762. The summed E-state index contributed by atoms with van der Waals surface area (Å²) in [6, 6.07) is 17.9. The van der Waals surface area contributed by atoms with E-state index in [1.807, 2.05) is 0 Å². The maximum atomic E-state index is 12.6. The summed E-state index contributed by atoms with van der Waals surface area (Å²) >= 11 is 0. The van der Waals surface area contributed by atoms with Crippen LogP contribution in [0.2, 0.25) is 0 Å². The highest BCUT2D eigenvalue weighted by molar-refractivity contribution is 5.94. The zero-order chi connectivity index (χ0) is 29.6. The van der Waals surface area contributed by atoms with Crippen molar-refractivity contribution >= 4 is 28.2 Å². The van der Waals surface area contributed by atoms with Gasteiger partial charge < -0.3 is 19.4 Å². The van der Waals surface area contributed by atoms with E-state index in [2.05, 4.69) is 76.9 Å². The van der Waals surface area contributed by atoms with Crippen LogP contribution in [0.1, 0.15) is 43.4 Å². The van der Waals surface area contributed by atoms with E-state index in [-0.39, 0.29) is 24.0 Å². The van der Waals surface area contributed by atoms with E-state index in [4.69, 9.17) is 14.7 Å². The molecule has 4 aliphatic rings. The number of amides is 1. The van der Waals surface area contributed by atoms with Gasteiger partial charge >= 0.3 is 6.01 Å². The molecule has 43 heavy (non-hydrogen) atoms. The number of anilines is 2. The maximum absolute atomic E-state index is 12.6. The lowest BCUT2D eigenvalue weighted by molar-refractivity contribution is -0.128. The number of hydrogen-bond donors (Lipinski definition) is 0. The molecule has 0 spiro atoms. The van der Waals surface area contributed by atoms with Crippen molar-refractivity contribution in [2.24, 2.45) is 0 Å². The number of hydrogen-bond acceptors (Lipinski definition) is 8. The molecule has 2 aromatic carbocycles. The van der Waals surface area contributed by atoms with Crippen LogP contribution >= 0.6 is 0 Å². The Hall–Kier alpha value is -4.16. The standard InChI is InChI=1S/C34H39N7O2/c1-3-31(42)41-21-20-40(22-25(41)13-17-35)32-27-14-19-39(29-11-6-9-24-8-4-5-10-26(24)29)23-28(27)36-33(37-32)43-34(15-16-34)30-12-7-18-38(30)2/h3-6,8-11,25,30H,1,7,12-16,18-23H2,2H3/t25-,30+/m0/s1. The summed E-state index contributed by atoms with van der Waals surface area (Å²) < 4.78 is 6.79. The molecule has 0 radical (unpaired) electrons. The number of nitrogens with zero attached hydrogens (tertiary/aromatic N) is 7. The molecule has 4 heterocycles. The molecular weight excluding hydrogens is 538 g/mol. The number of benzene rings is 2. The van der Waals surface area contributed by atoms with Gasteiger partial charge in [0.1, 0.15) is 11.4 Å². The number of likely N-dealkylation sites (N-methyl/N-ethyl adjacent to an activating group) is 1. The number of rotatable bonds is 7. The van der Waals surface area contributed by atoms with Gasteiger partial charge in [0.2, 0.25) is 5.91 Å². The first-order valence-corrected chi connectivity index (χ1v) is 15.6. The normalized spacial score (nSPS) is 23.1. The van der Waals surface area contributed by atoms with Crippen molar-refractivity contribution in [2.45, 2.75) is 62.8 Å². The Bertz CT molecular complexity index is 1590. The Morgan fingerprint density at radius 2 is 1.95 bits per heavy atom. The summed E-state index contributed by atoms with van der Waals surface area (Å²) in [5, 5.41) is 12.0. The number of carbonyl (C=O) groups excluding carboxylic acids is 1. The van der Waals surface area contributed by atoms with Gasteiger partial charge in [-0.15, -0.1) is 0 Å². The molecule has 9 nitrogen and oxygen atoms in total. The Balaban J connectivity index is 1.25. The smallest absolute Gasteiger partial charge is 0.319 e. The van der Waals surface area contributed by atoms with Crippen LogP contribution in [0, 0.1) is 11.3 Å². The zero-order valence-corrected chi connectivity index (χ0v) is 24.9. The largest absolute Gasteiger partial charge is 0.455 e. The summed E-state index contributed by atoms with van der Waals surface area (Å²) in [6.07, 6.45) is 6.78. The third kappa shape index (κ3) is 5.08. The fraction of sp³-hybridized carbons (Fsp3) is 0.471. The van der Waals surface area contributed by atoms with Gasteiger partial charge in [-0.1, -0.05) is 43.0 Å². The molecule has 2 saturated heterocycles. The highest BCUT2D eigenvalue weighted by Crippen LogP contribution is 2.48. The van der Waals surface area contributed by atoms with Crippen molar-refractivity contribution in [3.8, 4) is 12.1 Å². The van der Waals surface area contributed by atoms with Crippen LogP contribution in [-0.2, 0) is 17.8 Å². The van der Waals surface area contributed by atoms with E-state index >= 15 is 0 Å². The van der Waals surface area contributed by atoms with Crippen molar-refractivity contribution in [1.29, 1.82) is 5.26 Å². The van der Waals surface area contributed by atoms with Crippen LogP contribution in [0.3, 0.4) is 0 Å². The van der Waals surface area contributed by atoms with Crippen LogP contribution in [-0.4, -0.2) is 83.1 Å². The Morgan fingerprint density at radius 3 is 2.72 bits per heavy atom. The number of carbonyl (C=O) groups is 1. The van der Waals surface area contributed by atoms with E-state index in [1.165, 1.54) is 29.0 Å². The SMILES string of the molecule is C=CC(=O)N1CCN(c2nc(OC3([C@H]4CCCN4C)CC3)nc3c2CCN(c2cccc4ccccc24)C3)C[C@@H]1CC#N. The van der Waals surface area contributed by atoms with Gasteiger partial charge in [0.15, 0.2) is 0 Å². The first-order valence-electron chi connectivity index (χ1n) is 15.6. The summed E-state index contributed by atoms with van der Waals surface area (Å²) in [4.78, 5) is 31.7. The Morgan fingerprint density at radius 1 is 1.12 bits per heavy atom. The first kappa shape index (κ1) is 27.7. The van der Waals surface area contributed by atoms with Gasteiger partial charge in [-0.3, -0.25) is 9.69 Å². The van der Waals surface area contributed by atoms with E-state index < -0.39 is 0 Å². The molecule has 7 rings (SSSR count). The van der Waals surface area contributed by atoms with E-state index in [9.17, 15) is 10.1 Å². The van der Waals surface area contributed by atoms with Crippen LogP contribution in [0.4, 0.5) is 11.5 Å². The second-order valence-corrected chi connectivity index (χ2v) is 12.4. The summed E-state index contributed by atoms with van der Waals surface area (Å²) in [6.45, 7) is 7.98. The number of likely N-dealkylation sites (tertiary alicyclic amines) is 1. The molecule has 0 bridgehead atoms. The molecule has 1 aliphatic carbocycles. The highest BCUT2D eigenvalue weighted by atomic mass is 16.5. The van der Waals surface area contributed by atoms with Crippen molar-refractivity contribution in [3.05, 3.63) is 66.4 Å². The predicted molar refractivity (Wildman–Crippen MR) is 167 cm³/mol. The lowest BCUT2D eigenvalue weighted by atomic mass is 10.0. The topological polar surface area (TPSA) is 88.8 Å². The minimum absolute atomic E-state index is 0.129. The van der Waals surface area contributed by atoms with Gasteiger partial charge in [0.25, 0.3) is 0 Å². The number of nitriles is 1. The number of fused-ring (bicyclic) bond motifs is 2. The quantitative estimate of drug-likeness (QED) is 0.384. The van der Waals surface area contributed by atoms with E-state index in [0.29, 0.717) is 38.2 Å². The second kappa shape index (κ2) is 11.2. The second-order valence-electron chi connectivity index (χ2n) is 12.4. The molecule has 3 aromatic rings. The minimum Gasteiger partial charge on any atom is -0.455 e. The molecule has 0 N–H and O–H groups in total. The van der Waals surface area contributed by atoms with E-state index in [0.717, 1.165) is 55.8 Å². The highest BCUT2D eigenvalue weighted by Gasteiger charge is 2.55. The Kier molecular flexibility index (Phi) is 7.18. The van der Waals surface area contributed by atoms with Crippen LogP contribution < -0.4 is 14.5 Å². The van der Waals surface area contributed by atoms with Crippen molar-refractivity contribution in [2.75, 3.05) is 49.6 Å². The summed E-state index contributed by atoms with van der Waals surface area (Å²) in [7, 11) is 2.20. The van der Waals surface area contributed by atoms with Crippen molar-refractivity contribution in [3.63, 3.8) is 0 Å². The fourth-order valence-corrected chi connectivity index (χ4v) is 7.50. The van der Waals surface area contributed by atoms with Gasteiger partial charge in [-0.2, -0.15) is 15.2 Å². The van der Waals surface area contributed by atoms with Gasteiger partial charge in [0.05, 0.1) is 30.8 Å². The molecular formula is C34H39N7O2. The third-order valence-corrected chi connectivity index (χ3v) is 9.86. The fourth-order valence-electron chi connectivity index (χ4n) is 7.50. The monoisotopic (exact) mass is 577 g/mol. The average Bonchev–Trinajstić information content (AvgIpc) is 3.67. The molecule has 1 aromatic heterocycles. The average molecular weight is 578 g/mol. The molecule has 0 unspecified atom stereocenters. The molecule has 1 saturated carbocycles. The zero-order valence-electron chi connectivity index (χ0n) is 24.9. The molecule has 1 amide bonds. The lowest BCUT2D eigenvalue weighted by Crippen LogP contribution is -2.55. The third-order valence-electron chi connectivity index (χ3n) is 9.86.